The molecule has 2 aromatic rings. The van der Waals surface area contributed by atoms with Crippen molar-refractivity contribution in [1.82, 2.24) is 4.90 Å². The van der Waals surface area contributed by atoms with E-state index in [0.29, 0.717) is 24.2 Å². The highest BCUT2D eigenvalue weighted by atomic mass is 16.5. The lowest BCUT2D eigenvalue weighted by molar-refractivity contribution is -0.124. The molecule has 26 heavy (non-hydrogen) atoms. The summed E-state index contributed by atoms with van der Waals surface area (Å²) in [6.45, 7) is 2.51. The molecular weight excluding hydrogens is 330 g/mol. The number of carbonyl (C=O) groups is 2. The molecule has 1 saturated heterocycles. The summed E-state index contributed by atoms with van der Waals surface area (Å²) < 4.78 is 5.14. The van der Waals surface area contributed by atoms with E-state index in [0.717, 1.165) is 11.4 Å². The first-order valence-corrected chi connectivity index (χ1v) is 8.32. The van der Waals surface area contributed by atoms with E-state index in [9.17, 15) is 14.9 Å². The molecule has 0 spiro atoms. The Balaban J connectivity index is 1.81. The number of benzene rings is 2. The summed E-state index contributed by atoms with van der Waals surface area (Å²) in [5.74, 6) is 0.276. The summed E-state index contributed by atoms with van der Waals surface area (Å²) >= 11 is 0. The van der Waals surface area contributed by atoms with Gasteiger partial charge >= 0.3 is 0 Å². The van der Waals surface area contributed by atoms with Gasteiger partial charge in [0.05, 0.1) is 24.3 Å². The van der Waals surface area contributed by atoms with Gasteiger partial charge in [-0.15, -0.1) is 0 Å². The second kappa shape index (κ2) is 7.28. The van der Waals surface area contributed by atoms with Gasteiger partial charge in [0.1, 0.15) is 11.8 Å². The number of methoxy groups -OCH3 is 1. The summed E-state index contributed by atoms with van der Waals surface area (Å²) in [6.07, 6.45) is 0. The summed E-state index contributed by atoms with van der Waals surface area (Å²) in [5.41, 5.74) is 1.41. The molecular formula is C20H19N3O3. The largest absolute Gasteiger partial charge is 0.497 e. The van der Waals surface area contributed by atoms with E-state index in [1.54, 1.807) is 55.3 Å². The van der Waals surface area contributed by atoms with Crippen molar-refractivity contribution in [2.24, 2.45) is 0 Å². The zero-order valence-electron chi connectivity index (χ0n) is 14.7. The van der Waals surface area contributed by atoms with Crippen LogP contribution in [0.2, 0.25) is 0 Å². The number of carbonyl (C=O) groups excluding carboxylic acids is 2. The third-order valence-electron chi connectivity index (χ3n) is 4.58. The highest BCUT2D eigenvalue weighted by Gasteiger charge is 2.35. The number of anilines is 1. The zero-order valence-corrected chi connectivity index (χ0v) is 14.7. The van der Waals surface area contributed by atoms with Crippen molar-refractivity contribution < 1.29 is 14.3 Å². The lowest BCUT2D eigenvalue weighted by Crippen LogP contribution is -2.57. The van der Waals surface area contributed by atoms with Crippen LogP contribution in [-0.2, 0) is 4.79 Å². The van der Waals surface area contributed by atoms with E-state index in [1.165, 1.54) is 4.90 Å². The Morgan fingerprint density at radius 2 is 1.85 bits per heavy atom. The maximum atomic E-state index is 12.8. The molecule has 132 valence electrons. The molecule has 3 rings (SSSR count). The van der Waals surface area contributed by atoms with E-state index in [-0.39, 0.29) is 11.8 Å². The van der Waals surface area contributed by atoms with Gasteiger partial charge in [0, 0.05) is 18.8 Å². The molecule has 1 atom stereocenters. The SMILES string of the molecule is COc1ccc(N2CCN(C(=O)c3ccccc3C#N)C(C)C2=O)cc1. The van der Waals surface area contributed by atoms with Crippen LogP contribution in [0.3, 0.4) is 0 Å². The second-order valence-electron chi connectivity index (χ2n) is 6.02. The maximum absolute atomic E-state index is 12.8. The van der Waals surface area contributed by atoms with Crippen molar-refractivity contribution >= 4 is 17.5 Å². The Morgan fingerprint density at radius 3 is 2.50 bits per heavy atom. The van der Waals surface area contributed by atoms with Gasteiger partial charge in [0.2, 0.25) is 5.91 Å². The molecule has 0 aliphatic carbocycles. The lowest BCUT2D eigenvalue weighted by Gasteiger charge is -2.39. The van der Waals surface area contributed by atoms with Gasteiger partial charge in [-0.3, -0.25) is 9.59 Å². The summed E-state index contributed by atoms with van der Waals surface area (Å²) in [7, 11) is 1.59. The minimum absolute atomic E-state index is 0.149. The molecule has 1 heterocycles. The minimum Gasteiger partial charge on any atom is -0.497 e. The molecule has 2 amide bonds. The van der Waals surface area contributed by atoms with Crippen molar-refractivity contribution in [3.63, 3.8) is 0 Å². The second-order valence-corrected chi connectivity index (χ2v) is 6.02. The van der Waals surface area contributed by atoms with Crippen molar-refractivity contribution in [2.45, 2.75) is 13.0 Å². The van der Waals surface area contributed by atoms with Crippen LogP contribution in [0, 0.1) is 11.3 Å². The van der Waals surface area contributed by atoms with E-state index in [1.807, 2.05) is 18.2 Å². The third-order valence-corrected chi connectivity index (χ3v) is 4.58. The van der Waals surface area contributed by atoms with Crippen LogP contribution in [0.15, 0.2) is 48.5 Å². The number of piperazine rings is 1. The standard InChI is InChI=1S/C20H19N3O3/c1-14-19(24)23(16-7-9-17(26-2)10-8-16)12-11-22(14)20(25)18-6-4-3-5-15(18)13-21/h3-10,14H,11-12H2,1-2H3. The van der Waals surface area contributed by atoms with Crippen LogP contribution in [0.4, 0.5) is 5.69 Å². The fraction of sp³-hybridized carbons (Fsp3) is 0.250. The first-order chi connectivity index (χ1) is 12.6. The smallest absolute Gasteiger partial charge is 0.255 e. The molecule has 0 N–H and O–H groups in total. The molecule has 0 bridgehead atoms. The molecule has 0 radical (unpaired) electrons. The fourth-order valence-corrected chi connectivity index (χ4v) is 3.09. The van der Waals surface area contributed by atoms with E-state index >= 15 is 0 Å². The van der Waals surface area contributed by atoms with Crippen LogP contribution in [0.25, 0.3) is 0 Å². The van der Waals surface area contributed by atoms with Gasteiger partial charge in [0.25, 0.3) is 5.91 Å². The Hall–Kier alpha value is -3.33. The van der Waals surface area contributed by atoms with Gasteiger partial charge in [-0.1, -0.05) is 12.1 Å². The van der Waals surface area contributed by atoms with E-state index in [4.69, 9.17) is 4.74 Å². The van der Waals surface area contributed by atoms with Crippen LogP contribution in [0.1, 0.15) is 22.8 Å². The van der Waals surface area contributed by atoms with Gasteiger partial charge in [-0.25, -0.2) is 0 Å². The van der Waals surface area contributed by atoms with E-state index in [2.05, 4.69) is 0 Å². The van der Waals surface area contributed by atoms with Gasteiger partial charge in [0.15, 0.2) is 0 Å². The lowest BCUT2D eigenvalue weighted by atomic mass is 10.0. The zero-order chi connectivity index (χ0) is 18.7. The maximum Gasteiger partial charge on any atom is 0.255 e. The molecule has 1 aliphatic heterocycles. The van der Waals surface area contributed by atoms with Crippen molar-refractivity contribution in [1.29, 1.82) is 5.26 Å². The highest BCUT2D eigenvalue weighted by Crippen LogP contribution is 2.24. The normalized spacial score (nSPS) is 17.0. The number of rotatable bonds is 3. The first-order valence-electron chi connectivity index (χ1n) is 8.32. The average Bonchev–Trinajstić information content (AvgIpc) is 2.69. The Bertz CT molecular complexity index is 871. The highest BCUT2D eigenvalue weighted by molar-refractivity contribution is 6.04. The fourth-order valence-electron chi connectivity index (χ4n) is 3.09. The summed E-state index contributed by atoms with van der Waals surface area (Å²) in [6, 6.07) is 15.3. The van der Waals surface area contributed by atoms with E-state index < -0.39 is 6.04 Å². The Labute approximate surface area is 152 Å². The monoisotopic (exact) mass is 349 g/mol. The van der Waals surface area contributed by atoms with Crippen molar-refractivity contribution in [3.8, 4) is 11.8 Å². The molecule has 1 aliphatic rings. The van der Waals surface area contributed by atoms with Crippen LogP contribution >= 0.6 is 0 Å². The topological polar surface area (TPSA) is 73.6 Å². The van der Waals surface area contributed by atoms with Gasteiger partial charge in [-0.2, -0.15) is 5.26 Å². The average molecular weight is 349 g/mol. The molecule has 6 heteroatoms. The van der Waals surface area contributed by atoms with Crippen LogP contribution in [-0.4, -0.2) is 43.0 Å². The van der Waals surface area contributed by atoms with Crippen molar-refractivity contribution in [2.75, 3.05) is 25.1 Å². The molecule has 6 nitrogen and oxygen atoms in total. The molecule has 0 saturated carbocycles. The van der Waals surface area contributed by atoms with Crippen LogP contribution < -0.4 is 9.64 Å². The number of amides is 2. The number of ether oxygens (including phenoxy) is 1. The predicted molar refractivity (Wildman–Crippen MR) is 97.0 cm³/mol. The number of hydrogen-bond acceptors (Lipinski definition) is 4. The number of nitriles is 1. The third kappa shape index (κ3) is 3.11. The van der Waals surface area contributed by atoms with Crippen molar-refractivity contribution in [3.05, 3.63) is 59.7 Å². The summed E-state index contributed by atoms with van der Waals surface area (Å²) in [4.78, 5) is 28.9. The quantitative estimate of drug-likeness (QED) is 0.853. The van der Waals surface area contributed by atoms with Gasteiger partial charge < -0.3 is 14.5 Å². The van der Waals surface area contributed by atoms with Crippen LogP contribution in [0.5, 0.6) is 5.75 Å². The molecule has 2 aromatic carbocycles. The Kier molecular flexibility index (Phi) is 4.90. The molecule has 0 aromatic heterocycles. The number of nitrogens with zero attached hydrogens (tertiary/aromatic N) is 3. The Morgan fingerprint density at radius 1 is 1.15 bits per heavy atom. The first kappa shape index (κ1) is 17.5. The summed E-state index contributed by atoms with van der Waals surface area (Å²) in [5, 5.41) is 9.21. The van der Waals surface area contributed by atoms with Gasteiger partial charge in [-0.05, 0) is 43.3 Å². The molecule has 1 unspecified atom stereocenters. The number of hydrogen-bond donors (Lipinski definition) is 0. The minimum atomic E-state index is -0.606. The predicted octanol–water partition coefficient (Wildman–Crippen LogP) is 2.44. The molecule has 1 fully saturated rings.